The summed E-state index contributed by atoms with van der Waals surface area (Å²) in [6.07, 6.45) is 5.98. The van der Waals surface area contributed by atoms with Gasteiger partial charge < -0.3 is 10.2 Å². The molecule has 2 aliphatic rings. The maximum Gasteiger partial charge on any atom is 0.251 e. The number of likely N-dealkylation sites (tertiary alicyclic amines) is 1. The number of anilines is 1. The third-order valence-corrected chi connectivity index (χ3v) is 6.23. The van der Waals surface area contributed by atoms with E-state index >= 15 is 0 Å². The van der Waals surface area contributed by atoms with E-state index in [9.17, 15) is 9.18 Å². The van der Waals surface area contributed by atoms with Crippen LogP contribution in [0, 0.1) is 5.82 Å². The molecule has 1 fully saturated rings. The molecule has 1 unspecified atom stereocenters. The molecule has 0 radical (unpaired) electrons. The molecule has 1 saturated heterocycles. The van der Waals surface area contributed by atoms with Crippen LogP contribution in [0.15, 0.2) is 42.5 Å². The van der Waals surface area contributed by atoms with Gasteiger partial charge in [-0.25, -0.2) is 4.39 Å². The predicted octanol–water partition coefficient (Wildman–Crippen LogP) is 4.17. The quantitative estimate of drug-likeness (QED) is 0.826. The fourth-order valence-electron chi connectivity index (χ4n) is 4.59. The van der Waals surface area contributed by atoms with Crippen molar-refractivity contribution in [1.29, 1.82) is 0 Å². The second kappa shape index (κ2) is 8.95. The molecule has 2 aromatic rings. The van der Waals surface area contributed by atoms with Crippen molar-refractivity contribution in [3.8, 4) is 0 Å². The van der Waals surface area contributed by atoms with Crippen LogP contribution in [-0.2, 0) is 6.42 Å². The van der Waals surface area contributed by atoms with Crippen LogP contribution in [-0.4, -0.2) is 44.0 Å². The summed E-state index contributed by atoms with van der Waals surface area (Å²) in [5.74, 6) is -0.475. The zero-order valence-electron chi connectivity index (χ0n) is 17.2. The van der Waals surface area contributed by atoms with Crippen molar-refractivity contribution < 1.29 is 9.18 Å². The molecule has 2 aromatic carbocycles. The van der Waals surface area contributed by atoms with Crippen molar-refractivity contribution in [2.45, 2.75) is 38.1 Å². The lowest BCUT2D eigenvalue weighted by atomic mass is 9.95. The smallest absolute Gasteiger partial charge is 0.251 e. The minimum atomic E-state index is -0.327. The van der Waals surface area contributed by atoms with Crippen molar-refractivity contribution in [2.24, 2.45) is 0 Å². The van der Waals surface area contributed by atoms with Gasteiger partial charge in [0, 0.05) is 31.4 Å². The Hall–Kier alpha value is -2.40. The summed E-state index contributed by atoms with van der Waals surface area (Å²) < 4.78 is 13.2. The highest BCUT2D eigenvalue weighted by atomic mass is 19.1. The summed E-state index contributed by atoms with van der Waals surface area (Å²) in [4.78, 5) is 17.4. The molecule has 0 saturated carbocycles. The SMILES string of the molecule is CN1CCCc2cc(C(CNC(=O)c3ccc(F)cc3)N3CCCCC3)ccc21. The number of rotatable bonds is 5. The van der Waals surface area contributed by atoms with Crippen LogP contribution in [0.2, 0.25) is 0 Å². The Bertz CT molecular complexity index is 846. The van der Waals surface area contributed by atoms with Crippen LogP contribution >= 0.6 is 0 Å². The molecule has 2 aliphatic heterocycles. The number of carbonyl (C=O) groups is 1. The maximum absolute atomic E-state index is 13.2. The van der Waals surface area contributed by atoms with E-state index < -0.39 is 0 Å². The molecule has 1 N–H and O–H groups in total. The summed E-state index contributed by atoms with van der Waals surface area (Å²) in [5, 5.41) is 3.09. The third-order valence-electron chi connectivity index (χ3n) is 6.23. The Morgan fingerprint density at radius 3 is 2.55 bits per heavy atom. The van der Waals surface area contributed by atoms with Gasteiger partial charge >= 0.3 is 0 Å². The molecule has 4 nitrogen and oxygen atoms in total. The van der Waals surface area contributed by atoms with Crippen molar-refractivity contribution in [1.82, 2.24) is 10.2 Å². The van der Waals surface area contributed by atoms with Crippen LogP contribution in [0.25, 0.3) is 0 Å². The molecule has 5 heteroatoms. The van der Waals surface area contributed by atoms with Crippen LogP contribution in [0.4, 0.5) is 10.1 Å². The molecule has 154 valence electrons. The molecule has 1 amide bonds. The monoisotopic (exact) mass is 395 g/mol. The number of amides is 1. The number of nitrogens with one attached hydrogen (secondary N) is 1. The number of aryl methyl sites for hydroxylation is 1. The molecule has 0 bridgehead atoms. The highest BCUT2D eigenvalue weighted by Crippen LogP contribution is 2.31. The van der Waals surface area contributed by atoms with Crippen LogP contribution in [0.3, 0.4) is 0 Å². The normalized spacial score (nSPS) is 18.2. The van der Waals surface area contributed by atoms with Crippen LogP contribution in [0.1, 0.15) is 53.2 Å². The third kappa shape index (κ3) is 4.61. The van der Waals surface area contributed by atoms with Gasteiger partial charge in [-0.15, -0.1) is 0 Å². The van der Waals surface area contributed by atoms with E-state index in [0.717, 1.165) is 26.1 Å². The number of benzene rings is 2. The molecule has 0 aromatic heterocycles. The molecule has 1 atom stereocenters. The van der Waals surface area contributed by atoms with Crippen molar-refractivity contribution >= 4 is 11.6 Å². The van der Waals surface area contributed by atoms with Gasteiger partial charge in [0.15, 0.2) is 0 Å². The summed E-state index contributed by atoms with van der Waals surface area (Å²) in [5.41, 5.74) is 4.51. The molecular weight excluding hydrogens is 365 g/mol. The first-order valence-electron chi connectivity index (χ1n) is 10.7. The number of piperidine rings is 1. The average molecular weight is 396 g/mol. The minimum Gasteiger partial charge on any atom is -0.374 e. The van der Waals surface area contributed by atoms with E-state index in [1.165, 1.54) is 66.8 Å². The van der Waals surface area contributed by atoms with Crippen LogP contribution in [0.5, 0.6) is 0 Å². The maximum atomic E-state index is 13.2. The molecule has 4 rings (SSSR count). The van der Waals surface area contributed by atoms with Gasteiger partial charge in [0.05, 0.1) is 6.04 Å². The van der Waals surface area contributed by atoms with E-state index in [2.05, 4.69) is 40.4 Å². The number of carbonyl (C=O) groups excluding carboxylic acids is 1. The number of fused-ring (bicyclic) bond motifs is 1. The molecule has 29 heavy (non-hydrogen) atoms. The first-order valence-corrected chi connectivity index (χ1v) is 10.7. The Labute approximate surface area is 172 Å². The van der Waals surface area contributed by atoms with Gasteiger partial charge in [0.2, 0.25) is 0 Å². The Kier molecular flexibility index (Phi) is 6.14. The first kappa shape index (κ1) is 19.9. The first-order chi connectivity index (χ1) is 14.1. The van der Waals surface area contributed by atoms with E-state index in [-0.39, 0.29) is 17.8 Å². The number of halogens is 1. The minimum absolute atomic E-state index is 0.148. The van der Waals surface area contributed by atoms with Gasteiger partial charge in [0.1, 0.15) is 5.82 Å². The van der Waals surface area contributed by atoms with Crippen molar-refractivity contribution in [3.63, 3.8) is 0 Å². The van der Waals surface area contributed by atoms with Gasteiger partial charge in [-0.05, 0) is 80.2 Å². The second-order valence-corrected chi connectivity index (χ2v) is 8.24. The summed E-state index contributed by atoms with van der Waals surface area (Å²) in [7, 11) is 2.16. The lowest BCUT2D eigenvalue weighted by Crippen LogP contribution is -2.40. The fourth-order valence-corrected chi connectivity index (χ4v) is 4.59. The average Bonchev–Trinajstić information content (AvgIpc) is 2.75. The Balaban J connectivity index is 1.53. The fraction of sp³-hybridized carbons (Fsp3) is 0.458. The number of nitrogens with zero attached hydrogens (tertiary/aromatic N) is 2. The van der Waals surface area contributed by atoms with Gasteiger partial charge in [-0.2, -0.15) is 0 Å². The highest BCUT2D eigenvalue weighted by molar-refractivity contribution is 5.94. The van der Waals surface area contributed by atoms with E-state index in [0.29, 0.717) is 12.1 Å². The summed E-state index contributed by atoms with van der Waals surface area (Å²) in [6.45, 7) is 3.79. The highest BCUT2D eigenvalue weighted by Gasteiger charge is 2.25. The predicted molar refractivity (Wildman–Crippen MR) is 115 cm³/mol. The van der Waals surface area contributed by atoms with Crippen molar-refractivity contribution in [2.75, 3.05) is 38.1 Å². The largest absolute Gasteiger partial charge is 0.374 e. The van der Waals surface area contributed by atoms with Crippen LogP contribution < -0.4 is 10.2 Å². The lowest BCUT2D eigenvalue weighted by molar-refractivity contribution is 0.0924. The molecule has 2 heterocycles. The summed E-state index contributed by atoms with van der Waals surface area (Å²) >= 11 is 0. The molecule has 0 spiro atoms. The lowest BCUT2D eigenvalue weighted by Gasteiger charge is -2.36. The van der Waals surface area contributed by atoms with Gasteiger partial charge in [-0.1, -0.05) is 18.6 Å². The molecule has 0 aliphatic carbocycles. The van der Waals surface area contributed by atoms with Gasteiger partial charge in [0.25, 0.3) is 5.91 Å². The van der Waals surface area contributed by atoms with E-state index in [4.69, 9.17) is 0 Å². The molecular formula is C24H30FN3O. The summed E-state index contributed by atoms with van der Waals surface area (Å²) in [6, 6.07) is 12.7. The Morgan fingerprint density at radius 1 is 1.03 bits per heavy atom. The van der Waals surface area contributed by atoms with Gasteiger partial charge in [-0.3, -0.25) is 9.69 Å². The topological polar surface area (TPSA) is 35.6 Å². The van der Waals surface area contributed by atoms with E-state index in [1.807, 2.05) is 0 Å². The standard InChI is InChI=1S/C24H30FN3O/c1-27-13-5-6-19-16-20(9-12-22(19)27)23(28-14-3-2-4-15-28)17-26-24(29)18-7-10-21(25)11-8-18/h7-12,16,23H,2-6,13-15,17H2,1H3,(H,26,29). The van der Waals surface area contributed by atoms with Crippen molar-refractivity contribution in [3.05, 3.63) is 65.0 Å². The number of hydrogen-bond acceptors (Lipinski definition) is 3. The Morgan fingerprint density at radius 2 is 1.79 bits per heavy atom. The second-order valence-electron chi connectivity index (χ2n) is 8.24. The number of hydrogen-bond donors (Lipinski definition) is 1. The van der Waals surface area contributed by atoms with E-state index in [1.54, 1.807) is 0 Å². The zero-order valence-corrected chi connectivity index (χ0v) is 17.2. The zero-order chi connectivity index (χ0) is 20.2.